The molecule has 5 nitrogen and oxygen atoms in total. The lowest BCUT2D eigenvalue weighted by Crippen LogP contribution is -2.39. The van der Waals surface area contributed by atoms with Crippen molar-refractivity contribution in [3.63, 3.8) is 0 Å². The van der Waals surface area contributed by atoms with Gasteiger partial charge < -0.3 is 19.6 Å². The van der Waals surface area contributed by atoms with Crippen molar-refractivity contribution in [1.82, 2.24) is 9.80 Å². The highest BCUT2D eigenvalue weighted by Gasteiger charge is 2.32. The number of rotatable bonds is 3. The molecule has 1 unspecified atom stereocenters. The normalized spacial score (nSPS) is 31.9. The zero-order valence-electron chi connectivity index (χ0n) is 9.76. The summed E-state index contributed by atoms with van der Waals surface area (Å²) in [6, 6.07) is 0. The fourth-order valence-electron chi connectivity index (χ4n) is 2.55. The van der Waals surface area contributed by atoms with Crippen molar-refractivity contribution < 1.29 is 14.6 Å². The minimum absolute atomic E-state index is 0.0766. The number of hydrogen-bond acceptors (Lipinski definition) is 4. The number of aliphatic hydroxyl groups is 1. The monoisotopic (exact) mass is 228 g/mol. The number of ether oxygens (including phenoxy) is 1. The molecule has 2 atom stereocenters. The molecule has 2 aliphatic heterocycles. The lowest BCUT2D eigenvalue weighted by atomic mass is 9.98. The molecule has 2 fully saturated rings. The standard InChI is InChI=1S/C11H20N2O3/c1-12-4-2-3-9(5-12)6-13-7-10(8-14)16-11(13)15/h9-10,14H,2-8H2,1H3/t9?,10-/m1/s1. The Bertz CT molecular complexity index is 260. The molecule has 92 valence electrons. The molecule has 16 heavy (non-hydrogen) atoms. The van der Waals surface area contributed by atoms with E-state index in [1.54, 1.807) is 4.90 Å². The third-order valence-corrected chi connectivity index (χ3v) is 3.35. The minimum Gasteiger partial charge on any atom is -0.442 e. The number of carbonyl (C=O) groups is 1. The van der Waals surface area contributed by atoms with Crippen LogP contribution < -0.4 is 0 Å². The number of nitrogens with zero attached hydrogens (tertiary/aromatic N) is 2. The van der Waals surface area contributed by atoms with E-state index in [9.17, 15) is 4.79 Å². The molecule has 5 heteroatoms. The van der Waals surface area contributed by atoms with Crippen molar-refractivity contribution in [2.45, 2.75) is 18.9 Å². The topological polar surface area (TPSA) is 53.0 Å². The second-order valence-electron chi connectivity index (χ2n) is 4.86. The molecule has 0 spiro atoms. The van der Waals surface area contributed by atoms with Gasteiger partial charge in [-0.2, -0.15) is 0 Å². The summed E-state index contributed by atoms with van der Waals surface area (Å²) in [5, 5.41) is 8.94. The van der Waals surface area contributed by atoms with E-state index in [2.05, 4.69) is 11.9 Å². The third-order valence-electron chi connectivity index (χ3n) is 3.35. The van der Waals surface area contributed by atoms with Gasteiger partial charge in [0, 0.05) is 13.1 Å². The molecule has 0 radical (unpaired) electrons. The molecular formula is C11H20N2O3. The van der Waals surface area contributed by atoms with Gasteiger partial charge in [0.15, 0.2) is 0 Å². The molecule has 2 rings (SSSR count). The molecule has 1 amide bonds. The summed E-state index contributed by atoms with van der Waals surface area (Å²) in [7, 11) is 2.12. The second kappa shape index (κ2) is 5.01. The summed E-state index contributed by atoms with van der Waals surface area (Å²) >= 11 is 0. The quantitative estimate of drug-likeness (QED) is 0.746. The first-order valence-corrected chi connectivity index (χ1v) is 5.94. The van der Waals surface area contributed by atoms with E-state index in [0.29, 0.717) is 12.5 Å². The second-order valence-corrected chi connectivity index (χ2v) is 4.86. The predicted octanol–water partition coefficient (Wildman–Crippen LogP) is 0.141. The highest BCUT2D eigenvalue weighted by atomic mass is 16.6. The van der Waals surface area contributed by atoms with Gasteiger partial charge in [0.1, 0.15) is 6.10 Å². The van der Waals surface area contributed by atoms with E-state index in [4.69, 9.17) is 9.84 Å². The van der Waals surface area contributed by atoms with Crippen molar-refractivity contribution in [1.29, 1.82) is 0 Å². The van der Waals surface area contributed by atoms with Crippen molar-refractivity contribution in [3.8, 4) is 0 Å². The molecule has 0 aromatic rings. The van der Waals surface area contributed by atoms with Gasteiger partial charge in [-0.15, -0.1) is 0 Å². The maximum atomic E-state index is 11.5. The lowest BCUT2D eigenvalue weighted by Gasteiger charge is -2.31. The van der Waals surface area contributed by atoms with E-state index in [1.807, 2.05) is 0 Å². The molecule has 0 aromatic carbocycles. The first-order chi connectivity index (χ1) is 7.69. The van der Waals surface area contributed by atoms with Gasteiger partial charge in [0.05, 0.1) is 13.2 Å². The van der Waals surface area contributed by atoms with Crippen LogP contribution in [0.25, 0.3) is 0 Å². The zero-order valence-corrected chi connectivity index (χ0v) is 9.76. The number of aliphatic hydroxyl groups excluding tert-OH is 1. The van der Waals surface area contributed by atoms with Crippen LogP contribution in [0, 0.1) is 5.92 Å². The van der Waals surface area contributed by atoms with E-state index in [-0.39, 0.29) is 18.8 Å². The van der Waals surface area contributed by atoms with Crippen LogP contribution in [0.1, 0.15) is 12.8 Å². The molecule has 0 aromatic heterocycles. The Morgan fingerprint density at radius 1 is 1.50 bits per heavy atom. The number of likely N-dealkylation sites (tertiary alicyclic amines) is 1. The Labute approximate surface area is 96.0 Å². The van der Waals surface area contributed by atoms with Gasteiger partial charge in [-0.25, -0.2) is 4.79 Å². The summed E-state index contributed by atoms with van der Waals surface area (Å²) in [6.07, 6.45) is 1.78. The molecule has 0 aliphatic carbocycles. The van der Waals surface area contributed by atoms with Crippen molar-refractivity contribution in [3.05, 3.63) is 0 Å². The molecule has 2 aliphatic rings. The van der Waals surface area contributed by atoms with Crippen LogP contribution in [0.5, 0.6) is 0 Å². The Morgan fingerprint density at radius 3 is 2.94 bits per heavy atom. The summed E-state index contributed by atoms with van der Waals surface area (Å²) in [5.41, 5.74) is 0. The Morgan fingerprint density at radius 2 is 2.31 bits per heavy atom. The van der Waals surface area contributed by atoms with Crippen molar-refractivity contribution in [2.24, 2.45) is 5.92 Å². The van der Waals surface area contributed by atoms with Crippen LogP contribution >= 0.6 is 0 Å². The maximum absolute atomic E-state index is 11.5. The van der Waals surface area contributed by atoms with Crippen LogP contribution in [0.4, 0.5) is 4.79 Å². The minimum atomic E-state index is -0.325. The van der Waals surface area contributed by atoms with Gasteiger partial charge in [0.25, 0.3) is 0 Å². The summed E-state index contributed by atoms with van der Waals surface area (Å²) < 4.78 is 5.01. The van der Waals surface area contributed by atoms with Crippen molar-refractivity contribution in [2.75, 3.05) is 39.8 Å². The van der Waals surface area contributed by atoms with Crippen LogP contribution in [0.2, 0.25) is 0 Å². The van der Waals surface area contributed by atoms with E-state index in [1.165, 1.54) is 12.8 Å². The Hall–Kier alpha value is -0.810. The Balaban J connectivity index is 1.82. The summed E-state index contributed by atoms with van der Waals surface area (Å²) in [5.74, 6) is 0.545. The molecule has 1 N–H and O–H groups in total. The lowest BCUT2D eigenvalue weighted by molar-refractivity contribution is 0.0940. The molecular weight excluding hydrogens is 208 g/mol. The first kappa shape index (κ1) is 11.7. The fourth-order valence-corrected chi connectivity index (χ4v) is 2.55. The van der Waals surface area contributed by atoms with E-state index in [0.717, 1.165) is 19.6 Å². The Kier molecular flexibility index (Phi) is 3.66. The average Bonchev–Trinajstić information content (AvgIpc) is 2.60. The summed E-state index contributed by atoms with van der Waals surface area (Å²) in [6.45, 7) is 3.43. The number of hydrogen-bond donors (Lipinski definition) is 1. The SMILES string of the molecule is CN1CCCC(CN2C[C@H](CO)OC2=O)C1. The number of cyclic esters (lactones) is 1. The first-order valence-electron chi connectivity index (χ1n) is 5.94. The largest absolute Gasteiger partial charge is 0.442 e. The molecule has 0 bridgehead atoms. The highest BCUT2D eigenvalue weighted by Crippen LogP contribution is 2.19. The van der Waals surface area contributed by atoms with Gasteiger partial charge >= 0.3 is 6.09 Å². The van der Waals surface area contributed by atoms with Crippen LogP contribution in [0.3, 0.4) is 0 Å². The van der Waals surface area contributed by atoms with Crippen LogP contribution in [0.15, 0.2) is 0 Å². The molecule has 2 saturated heterocycles. The van der Waals surface area contributed by atoms with Crippen LogP contribution in [-0.2, 0) is 4.74 Å². The predicted molar refractivity (Wildman–Crippen MR) is 59.1 cm³/mol. The number of amides is 1. The van der Waals surface area contributed by atoms with E-state index < -0.39 is 0 Å². The number of carbonyl (C=O) groups excluding carboxylic acids is 1. The number of piperidine rings is 1. The average molecular weight is 228 g/mol. The fraction of sp³-hybridized carbons (Fsp3) is 0.909. The summed E-state index contributed by atoms with van der Waals surface area (Å²) in [4.78, 5) is 15.5. The molecule has 2 heterocycles. The smallest absolute Gasteiger partial charge is 0.410 e. The molecule has 0 saturated carbocycles. The van der Waals surface area contributed by atoms with Crippen molar-refractivity contribution >= 4 is 6.09 Å². The van der Waals surface area contributed by atoms with Gasteiger partial charge in [-0.3, -0.25) is 0 Å². The van der Waals surface area contributed by atoms with Gasteiger partial charge in [0.2, 0.25) is 0 Å². The third kappa shape index (κ3) is 2.65. The van der Waals surface area contributed by atoms with E-state index >= 15 is 0 Å². The van der Waals surface area contributed by atoms with Gasteiger partial charge in [-0.05, 0) is 32.4 Å². The zero-order chi connectivity index (χ0) is 11.5. The van der Waals surface area contributed by atoms with Gasteiger partial charge in [-0.1, -0.05) is 0 Å². The maximum Gasteiger partial charge on any atom is 0.410 e. The van der Waals surface area contributed by atoms with Crippen LogP contribution in [-0.4, -0.2) is 66.9 Å². The highest BCUT2D eigenvalue weighted by molar-refractivity contribution is 5.69.